The standard InChI is InChI=1S/C7H12F3NS/c1-5(2)3-6(11-4-12)7(8,9)10/h4-6H,3H2,1-2H3,(H,11,12). The molecule has 0 saturated carbocycles. The molecule has 1 unspecified atom stereocenters. The Morgan fingerprint density at radius 3 is 2.17 bits per heavy atom. The number of rotatable bonds is 4. The third-order valence-electron chi connectivity index (χ3n) is 1.37. The Balaban J connectivity index is 4.13. The minimum Gasteiger partial charge on any atom is -0.371 e. The molecule has 72 valence electrons. The number of thiocarbonyl (C=S) groups is 1. The zero-order valence-electron chi connectivity index (χ0n) is 6.98. The SMILES string of the molecule is CC(C)CC(NC=S)C(F)(F)F. The molecule has 1 atom stereocenters. The van der Waals surface area contributed by atoms with Gasteiger partial charge in [-0.2, -0.15) is 13.2 Å². The molecule has 5 heteroatoms. The maximum absolute atomic E-state index is 12.1. The van der Waals surface area contributed by atoms with Gasteiger partial charge in [0, 0.05) is 0 Å². The van der Waals surface area contributed by atoms with Crippen LogP contribution in [0.4, 0.5) is 13.2 Å². The first-order chi connectivity index (χ1) is 5.38. The second-order valence-corrected chi connectivity index (χ2v) is 3.24. The summed E-state index contributed by atoms with van der Waals surface area (Å²) in [5, 5.41) is 2.12. The van der Waals surface area contributed by atoms with E-state index >= 15 is 0 Å². The molecule has 0 aromatic heterocycles. The number of alkyl halides is 3. The Bertz CT molecular complexity index is 144. The average Bonchev–Trinajstić information content (AvgIpc) is 1.83. The maximum Gasteiger partial charge on any atom is 0.408 e. The zero-order valence-corrected chi connectivity index (χ0v) is 7.80. The van der Waals surface area contributed by atoms with Crippen LogP contribution >= 0.6 is 12.2 Å². The van der Waals surface area contributed by atoms with Gasteiger partial charge in [-0.1, -0.05) is 26.1 Å². The van der Waals surface area contributed by atoms with Gasteiger partial charge in [-0.25, -0.2) is 0 Å². The lowest BCUT2D eigenvalue weighted by atomic mass is 10.0. The first-order valence-electron chi connectivity index (χ1n) is 3.64. The van der Waals surface area contributed by atoms with Gasteiger partial charge < -0.3 is 5.32 Å². The molecule has 0 fully saturated rings. The highest BCUT2D eigenvalue weighted by Gasteiger charge is 2.39. The summed E-state index contributed by atoms with van der Waals surface area (Å²) < 4.78 is 36.4. The van der Waals surface area contributed by atoms with Crippen LogP contribution in [0.15, 0.2) is 0 Å². The van der Waals surface area contributed by atoms with Crippen molar-refractivity contribution in [2.45, 2.75) is 32.5 Å². The Labute approximate surface area is 75.3 Å². The van der Waals surface area contributed by atoms with E-state index in [4.69, 9.17) is 0 Å². The van der Waals surface area contributed by atoms with Gasteiger partial charge >= 0.3 is 6.18 Å². The Morgan fingerprint density at radius 1 is 1.42 bits per heavy atom. The molecule has 12 heavy (non-hydrogen) atoms. The topological polar surface area (TPSA) is 12.0 Å². The van der Waals surface area contributed by atoms with Crippen molar-refractivity contribution >= 4 is 17.7 Å². The molecule has 0 amide bonds. The lowest BCUT2D eigenvalue weighted by Gasteiger charge is -2.21. The fraction of sp³-hybridized carbons (Fsp3) is 0.857. The monoisotopic (exact) mass is 199 g/mol. The lowest BCUT2D eigenvalue weighted by molar-refractivity contribution is -0.155. The van der Waals surface area contributed by atoms with E-state index in [2.05, 4.69) is 17.5 Å². The van der Waals surface area contributed by atoms with Crippen molar-refractivity contribution in [3.63, 3.8) is 0 Å². The fourth-order valence-electron chi connectivity index (χ4n) is 0.850. The molecule has 0 spiro atoms. The highest BCUT2D eigenvalue weighted by atomic mass is 32.1. The highest BCUT2D eigenvalue weighted by Crippen LogP contribution is 2.24. The molecule has 0 saturated heterocycles. The molecule has 0 bridgehead atoms. The third-order valence-corrected chi connectivity index (χ3v) is 1.51. The number of nitrogens with one attached hydrogen (secondary N) is 1. The average molecular weight is 199 g/mol. The molecule has 0 aromatic rings. The molecular formula is C7H12F3NS. The van der Waals surface area contributed by atoms with Crippen molar-refractivity contribution in [1.29, 1.82) is 0 Å². The van der Waals surface area contributed by atoms with Gasteiger partial charge in [0.1, 0.15) is 6.04 Å². The summed E-state index contributed by atoms with van der Waals surface area (Å²) in [6.45, 7) is 3.48. The Kier molecular flexibility index (Phi) is 4.52. The van der Waals surface area contributed by atoms with Crippen LogP contribution in [0, 0.1) is 5.92 Å². The largest absolute Gasteiger partial charge is 0.408 e. The van der Waals surface area contributed by atoms with Crippen molar-refractivity contribution in [2.75, 3.05) is 0 Å². The number of halogens is 3. The highest BCUT2D eigenvalue weighted by molar-refractivity contribution is 7.78. The molecule has 1 nitrogen and oxygen atoms in total. The molecule has 0 aliphatic heterocycles. The summed E-state index contributed by atoms with van der Waals surface area (Å²) in [7, 11) is 0. The molecule has 0 aliphatic carbocycles. The zero-order chi connectivity index (χ0) is 9.78. The van der Waals surface area contributed by atoms with Crippen LogP contribution in [0.5, 0.6) is 0 Å². The predicted octanol–water partition coefficient (Wildman–Crippen LogP) is 2.51. The Hall–Kier alpha value is -0.320. The van der Waals surface area contributed by atoms with Crippen LogP contribution in [0.1, 0.15) is 20.3 Å². The smallest absolute Gasteiger partial charge is 0.371 e. The van der Waals surface area contributed by atoms with Crippen LogP contribution in [0.2, 0.25) is 0 Å². The minimum absolute atomic E-state index is 0.000856. The van der Waals surface area contributed by atoms with Gasteiger partial charge in [0.2, 0.25) is 0 Å². The summed E-state index contributed by atoms with van der Waals surface area (Å²) >= 11 is 4.31. The van der Waals surface area contributed by atoms with E-state index in [0.717, 1.165) is 5.49 Å². The van der Waals surface area contributed by atoms with E-state index in [0.29, 0.717) is 0 Å². The van der Waals surface area contributed by atoms with Gasteiger partial charge in [0.15, 0.2) is 0 Å². The summed E-state index contributed by atoms with van der Waals surface area (Å²) in [5.41, 5.74) is 0.917. The van der Waals surface area contributed by atoms with E-state index < -0.39 is 12.2 Å². The van der Waals surface area contributed by atoms with Crippen molar-refractivity contribution in [3.8, 4) is 0 Å². The van der Waals surface area contributed by atoms with Crippen molar-refractivity contribution < 1.29 is 13.2 Å². The second-order valence-electron chi connectivity index (χ2n) is 3.01. The quantitative estimate of drug-likeness (QED) is 0.698. The molecule has 1 N–H and O–H groups in total. The summed E-state index contributed by atoms with van der Waals surface area (Å²) in [6, 6.07) is -1.50. The van der Waals surface area contributed by atoms with Gasteiger partial charge in [0.05, 0.1) is 5.49 Å². The number of hydrogen-bond donors (Lipinski definition) is 1. The second kappa shape index (κ2) is 4.64. The van der Waals surface area contributed by atoms with E-state index in [9.17, 15) is 13.2 Å². The van der Waals surface area contributed by atoms with E-state index in [1.807, 2.05) is 0 Å². The normalized spacial score (nSPS) is 14.5. The molecule has 0 heterocycles. The molecular weight excluding hydrogens is 187 g/mol. The van der Waals surface area contributed by atoms with Gasteiger partial charge in [-0.3, -0.25) is 0 Å². The third kappa shape index (κ3) is 4.54. The molecule has 0 aromatic carbocycles. The summed E-state index contributed by atoms with van der Waals surface area (Å²) in [4.78, 5) is 0. The summed E-state index contributed by atoms with van der Waals surface area (Å²) in [5.74, 6) is -0.000856. The van der Waals surface area contributed by atoms with Crippen LogP contribution in [0.25, 0.3) is 0 Å². The van der Waals surface area contributed by atoms with Crippen molar-refractivity contribution in [3.05, 3.63) is 0 Å². The van der Waals surface area contributed by atoms with Crippen LogP contribution < -0.4 is 5.32 Å². The predicted molar refractivity (Wildman–Crippen MR) is 46.1 cm³/mol. The first kappa shape index (κ1) is 11.7. The van der Waals surface area contributed by atoms with Gasteiger partial charge in [-0.05, 0) is 12.3 Å². The molecule has 0 aliphatic rings. The van der Waals surface area contributed by atoms with Crippen molar-refractivity contribution in [2.24, 2.45) is 5.92 Å². The first-order valence-corrected chi connectivity index (χ1v) is 4.11. The number of hydrogen-bond acceptors (Lipinski definition) is 1. The fourth-order valence-corrected chi connectivity index (χ4v) is 1.01. The Morgan fingerprint density at radius 2 is 1.92 bits per heavy atom. The van der Waals surface area contributed by atoms with E-state index in [1.54, 1.807) is 13.8 Å². The van der Waals surface area contributed by atoms with E-state index in [1.165, 1.54) is 0 Å². The van der Waals surface area contributed by atoms with Gasteiger partial charge in [0.25, 0.3) is 0 Å². The van der Waals surface area contributed by atoms with Crippen LogP contribution in [-0.2, 0) is 0 Å². The van der Waals surface area contributed by atoms with Crippen molar-refractivity contribution in [1.82, 2.24) is 5.32 Å². The lowest BCUT2D eigenvalue weighted by Crippen LogP contribution is -2.42. The van der Waals surface area contributed by atoms with Crippen LogP contribution in [-0.4, -0.2) is 17.7 Å². The molecule has 0 radical (unpaired) electrons. The molecule has 0 rings (SSSR count). The maximum atomic E-state index is 12.1. The van der Waals surface area contributed by atoms with Crippen LogP contribution in [0.3, 0.4) is 0 Å². The van der Waals surface area contributed by atoms with E-state index in [-0.39, 0.29) is 12.3 Å². The van der Waals surface area contributed by atoms with Gasteiger partial charge in [-0.15, -0.1) is 0 Å². The minimum atomic E-state index is -4.21. The summed E-state index contributed by atoms with van der Waals surface area (Å²) in [6.07, 6.45) is -4.16.